The van der Waals surface area contributed by atoms with E-state index in [2.05, 4.69) is 0 Å². The van der Waals surface area contributed by atoms with Gasteiger partial charge in [-0.2, -0.15) is 0 Å². The molecule has 0 radical (unpaired) electrons. The van der Waals surface area contributed by atoms with Crippen molar-refractivity contribution in [1.82, 2.24) is 0 Å². The van der Waals surface area contributed by atoms with E-state index in [0.717, 1.165) is 0 Å². The minimum absolute atomic E-state index is 0.0661. The van der Waals surface area contributed by atoms with Gasteiger partial charge < -0.3 is 15.9 Å². The lowest BCUT2D eigenvalue weighted by molar-refractivity contribution is -0.146. The average Bonchev–Trinajstić information content (AvgIpc) is 2.62. The van der Waals surface area contributed by atoms with Gasteiger partial charge in [-0.15, -0.1) is 0 Å². The van der Waals surface area contributed by atoms with Crippen LogP contribution in [0.2, 0.25) is 0 Å². The van der Waals surface area contributed by atoms with Crippen LogP contribution in [0.3, 0.4) is 0 Å². The van der Waals surface area contributed by atoms with E-state index in [0.29, 0.717) is 6.42 Å². The monoisotopic (exact) mass is 225 g/mol. The van der Waals surface area contributed by atoms with Gasteiger partial charge in [0, 0.05) is 5.92 Å². The minimum atomic E-state index is -1.33. The molecular formula is C11H15NO4. The van der Waals surface area contributed by atoms with Gasteiger partial charge in [-0.1, -0.05) is 13.8 Å². The molecule has 16 heavy (non-hydrogen) atoms. The first-order valence-electron chi connectivity index (χ1n) is 5.47. The lowest BCUT2D eigenvalue weighted by Crippen LogP contribution is -2.53. The molecule has 0 amide bonds. The van der Waals surface area contributed by atoms with Gasteiger partial charge in [-0.3, -0.25) is 9.59 Å². The predicted molar refractivity (Wildman–Crippen MR) is 53.5 cm³/mol. The third-order valence-electron chi connectivity index (χ3n) is 5.44. The maximum Gasteiger partial charge on any atom is 0.324 e. The Bertz CT molecular complexity index is 432. The molecule has 4 aliphatic rings. The molecule has 88 valence electrons. The summed E-state index contributed by atoms with van der Waals surface area (Å²) in [5.74, 6) is -2.58. The molecule has 5 nitrogen and oxygen atoms in total. The van der Waals surface area contributed by atoms with Crippen molar-refractivity contribution in [3.8, 4) is 0 Å². The summed E-state index contributed by atoms with van der Waals surface area (Å²) in [7, 11) is 0. The number of hydrogen-bond acceptors (Lipinski definition) is 3. The van der Waals surface area contributed by atoms with Crippen molar-refractivity contribution < 1.29 is 19.8 Å². The van der Waals surface area contributed by atoms with Crippen LogP contribution < -0.4 is 5.73 Å². The van der Waals surface area contributed by atoms with Gasteiger partial charge in [0.25, 0.3) is 0 Å². The molecule has 5 atom stereocenters. The van der Waals surface area contributed by atoms with E-state index < -0.39 is 22.9 Å². The fraction of sp³-hybridized carbons (Fsp3) is 0.818. The first kappa shape index (κ1) is 10.1. The summed E-state index contributed by atoms with van der Waals surface area (Å²) in [5, 5.41) is 18.6. The van der Waals surface area contributed by atoms with Crippen LogP contribution in [0.4, 0.5) is 0 Å². The van der Waals surface area contributed by atoms with Crippen molar-refractivity contribution in [1.29, 1.82) is 0 Å². The number of carbonyl (C=O) groups is 2. The van der Waals surface area contributed by atoms with Crippen molar-refractivity contribution in [2.24, 2.45) is 34.3 Å². The Morgan fingerprint density at radius 3 is 2.00 bits per heavy atom. The third-order valence-corrected chi connectivity index (χ3v) is 5.44. The summed E-state index contributed by atoms with van der Waals surface area (Å²) in [6.45, 7) is 3.90. The first-order valence-corrected chi connectivity index (χ1v) is 5.47. The molecule has 4 N–H and O–H groups in total. The van der Waals surface area contributed by atoms with Crippen LogP contribution in [-0.2, 0) is 9.59 Å². The van der Waals surface area contributed by atoms with Crippen molar-refractivity contribution in [2.75, 3.05) is 0 Å². The maximum atomic E-state index is 11.4. The highest BCUT2D eigenvalue weighted by molar-refractivity contribution is 5.91. The molecule has 4 aliphatic carbocycles. The van der Waals surface area contributed by atoms with Gasteiger partial charge in [0.15, 0.2) is 0 Å². The molecule has 0 aromatic rings. The minimum Gasteiger partial charge on any atom is -0.481 e. The summed E-state index contributed by atoms with van der Waals surface area (Å²) in [6, 6.07) is 0. The normalized spacial score (nSPS) is 55.1. The summed E-state index contributed by atoms with van der Waals surface area (Å²) in [6.07, 6.45) is 0.424. The zero-order chi connectivity index (χ0) is 12.1. The SMILES string of the molecule is CC1(C)C2C3C2(C(=O)O)CC1[C@@]3(N)C(=O)O. The number of carboxylic acids is 2. The van der Waals surface area contributed by atoms with Crippen molar-refractivity contribution >= 4 is 11.9 Å². The molecule has 4 fully saturated rings. The van der Waals surface area contributed by atoms with Crippen LogP contribution in [0.1, 0.15) is 20.3 Å². The molecule has 0 aromatic heterocycles. The smallest absolute Gasteiger partial charge is 0.324 e. The molecule has 0 spiro atoms. The standard InChI is InChI=1S/C11H15NO4/c1-9(2)4-3-10(7(13)14)5(9)6(10)11(4,12)8(15)16/h4-6H,3,12H2,1-2H3,(H,13,14)(H,15,16)/t4?,5?,6?,10?,11-/m0/s1. The average molecular weight is 225 g/mol. The van der Waals surface area contributed by atoms with E-state index >= 15 is 0 Å². The van der Waals surface area contributed by atoms with E-state index in [9.17, 15) is 19.8 Å². The molecule has 0 saturated heterocycles. The Labute approximate surface area is 92.6 Å². The summed E-state index contributed by atoms with van der Waals surface area (Å²) >= 11 is 0. The second-order valence-electron chi connectivity index (χ2n) is 6.12. The number of carboxylic acid groups (broad SMARTS) is 2. The van der Waals surface area contributed by atoms with Gasteiger partial charge >= 0.3 is 11.9 Å². The van der Waals surface area contributed by atoms with Gasteiger partial charge in [-0.25, -0.2) is 0 Å². The molecule has 0 heterocycles. The molecule has 4 unspecified atom stereocenters. The summed E-state index contributed by atoms with van der Waals surface area (Å²) in [4.78, 5) is 22.7. The Morgan fingerprint density at radius 1 is 1.19 bits per heavy atom. The van der Waals surface area contributed by atoms with Gasteiger partial charge in [0.1, 0.15) is 5.54 Å². The highest BCUT2D eigenvalue weighted by Crippen LogP contribution is 2.87. The first-order chi connectivity index (χ1) is 7.21. The Balaban J connectivity index is 2.16. The van der Waals surface area contributed by atoms with Crippen molar-refractivity contribution in [3.63, 3.8) is 0 Å². The van der Waals surface area contributed by atoms with E-state index in [1.54, 1.807) is 0 Å². The molecule has 5 heteroatoms. The van der Waals surface area contributed by atoms with Crippen LogP contribution in [0.15, 0.2) is 0 Å². The van der Waals surface area contributed by atoms with E-state index in [1.165, 1.54) is 0 Å². The predicted octanol–water partition coefficient (Wildman–Crippen LogP) is 0.145. The summed E-state index contributed by atoms with van der Waals surface area (Å²) in [5.41, 5.74) is 3.57. The highest BCUT2D eigenvalue weighted by Gasteiger charge is 2.94. The van der Waals surface area contributed by atoms with Crippen LogP contribution in [-0.4, -0.2) is 27.7 Å². The fourth-order valence-corrected chi connectivity index (χ4v) is 4.94. The molecule has 4 bridgehead atoms. The zero-order valence-corrected chi connectivity index (χ0v) is 9.23. The molecule has 4 rings (SSSR count). The molecule has 0 aliphatic heterocycles. The number of hydrogen-bond donors (Lipinski definition) is 3. The van der Waals surface area contributed by atoms with Crippen molar-refractivity contribution in [2.45, 2.75) is 25.8 Å². The van der Waals surface area contributed by atoms with Crippen LogP contribution in [0.5, 0.6) is 0 Å². The number of nitrogens with two attached hydrogens (primary N) is 1. The maximum absolute atomic E-state index is 11.4. The number of aliphatic carboxylic acids is 2. The Morgan fingerprint density at radius 2 is 1.75 bits per heavy atom. The van der Waals surface area contributed by atoms with Crippen LogP contribution >= 0.6 is 0 Å². The Kier molecular flexibility index (Phi) is 1.35. The zero-order valence-electron chi connectivity index (χ0n) is 9.23. The van der Waals surface area contributed by atoms with Crippen molar-refractivity contribution in [3.05, 3.63) is 0 Å². The van der Waals surface area contributed by atoms with Gasteiger partial charge in [0.2, 0.25) is 0 Å². The summed E-state index contributed by atoms with van der Waals surface area (Å²) < 4.78 is 0. The van der Waals surface area contributed by atoms with Gasteiger partial charge in [0.05, 0.1) is 5.41 Å². The van der Waals surface area contributed by atoms with Gasteiger partial charge in [-0.05, 0) is 23.7 Å². The molecule has 4 saturated carbocycles. The second kappa shape index (κ2) is 2.14. The highest BCUT2D eigenvalue weighted by atomic mass is 16.4. The Hall–Kier alpha value is -1.10. The van der Waals surface area contributed by atoms with E-state index in [4.69, 9.17) is 5.73 Å². The van der Waals surface area contributed by atoms with E-state index in [1.807, 2.05) is 13.8 Å². The van der Waals surface area contributed by atoms with Crippen LogP contribution in [0.25, 0.3) is 0 Å². The molecular weight excluding hydrogens is 210 g/mol. The molecule has 0 aromatic carbocycles. The van der Waals surface area contributed by atoms with E-state index in [-0.39, 0.29) is 23.2 Å². The quantitative estimate of drug-likeness (QED) is 0.620. The lowest BCUT2D eigenvalue weighted by Gasteiger charge is -2.31. The fourth-order valence-electron chi connectivity index (χ4n) is 4.94. The largest absolute Gasteiger partial charge is 0.481 e. The lowest BCUT2D eigenvalue weighted by atomic mass is 9.76. The topological polar surface area (TPSA) is 101 Å². The third kappa shape index (κ3) is 0.629. The second-order valence-corrected chi connectivity index (χ2v) is 6.12. The number of rotatable bonds is 2. The van der Waals surface area contributed by atoms with Crippen LogP contribution in [0, 0.1) is 28.6 Å².